The summed E-state index contributed by atoms with van der Waals surface area (Å²) < 4.78 is 12.8. The molecule has 0 rings (SSSR count). The second-order valence-electron chi connectivity index (χ2n) is 7.85. The molecule has 2 nitrogen and oxygen atoms in total. The minimum Gasteiger partial charge on any atom is -0.344 e. The van der Waals surface area contributed by atoms with Gasteiger partial charge in [-0.2, -0.15) is 0 Å². The lowest BCUT2D eigenvalue weighted by Gasteiger charge is -2.37. The third-order valence-corrected chi connectivity index (χ3v) is 7.02. The van der Waals surface area contributed by atoms with Gasteiger partial charge in [-0.3, -0.25) is 4.57 Å². The van der Waals surface area contributed by atoms with Crippen LogP contribution in [0.2, 0.25) is 0 Å². The first-order valence-electron chi connectivity index (χ1n) is 7.77. The Morgan fingerprint density at radius 3 is 2.00 bits per heavy atom. The van der Waals surface area contributed by atoms with Gasteiger partial charge in [-0.25, -0.2) is 0 Å². The molecule has 1 N–H and O–H groups in total. The third-order valence-electron chi connectivity index (χ3n) is 3.96. The van der Waals surface area contributed by atoms with Crippen LogP contribution in [0, 0.1) is 11.3 Å². The number of hydrogen-bond donors (Lipinski definition) is 1. The smallest absolute Gasteiger partial charge is 0.206 e. The Hall–Kier alpha value is 0.190. The molecule has 0 aromatic heterocycles. The topological polar surface area (TPSA) is 37.3 Å². The van der Waals surface area contributed by atoms with E-state index in [2.05, 4.69) is 34.6 Å². The fourth-order valence-corrected chi connectivity index (χ4v) is 5.29. The molecule has 0 fully saturated rings. The Kier molecular flexibility index (Phi) is 7.34. The van der Waals surface area contributed by atoms with Crippen LogP contribution in [0.15, 0.2) is 0 Å². The molecule has 0 radical (unpaired) electrons. The number of hydrogen-bond acceptors (Lipinski definition) is 1. The minimum absolute atomic E-state index is 0.0903. The van der Waals surface area contributed by atoms with Crippen molar-refractivity contribution in [3.8, 4) is 0 Å². The molecule has 0 spiro atoms. The molecular formula is C16H35O2P. The maximum absolute atomic E-state index is 12.8. The summed E-state index contributed by atoms with van der Waals surface area (Å²) in [7, 11) is -3.10. The Balaban J connectivity index is 4.79. The van der Waals surface area contributed by atoms with E-state index in [0.717, 1.165) is 32.1 Å². The van der Waals surface area contributed by atoms with Gasteiger partial charge < -0.3 is 4.89 Å². The highest BCUT2D eigenvalue weighted by atomic mass is 31.2. The molecular weight excluding hydrogens is 255 g/mol. The molecule has 19 heavy (non-hydrogen) atoms. The molecule has 0 aliphatic heterocycles. The number of unbranched alkanes of at least 4 members (excludes halogenated alkanes) is 1. The molecule has 3 heteroatoms. The quantitative estimate of drug-likeness (QED) is 0.583. The van der Waals surface area contributed by atoms with Gasteiger partial charge in [0.2, 0.25) is 7.37 Å². The van der Waals surface area contributed by atoms with Gasteiger partial charge in [-0.05, 0) is 24.2 Å². The van der Waals surface area contributed by atoms with Crippen LogP contribution in [0.1, 0.15) is 80.6 Å². The highest BCUT2D eigenvalue weighted by molar-refractivity contribution is 7.59. The Morgan fingerprint density at radius 2 is 1.63 bits per heavy atom. The van der Waals surface area contributed by atoms with Gasteiger partial charge in [0.1, 0.15) is 0 Å². The van der Waals surface area contributed by atoms with E-state index in [1.165, 1.54) is 0 Å². The lowest BCUT2D eigenvalue weighted by molar-refractivity contribution is 0.308. The van der Waals surface area contributed by atoms with Crippen LogP contribution in [-0.2, 0) is 4.57 Å². The summed E-state index contributed by atoms with van der Waals surface area (Å²) in [6.07, 6.45) is 5.71. The lowest BCUT2D eigenvalue weighted by atomic mass is 9.86. The maximum Gasteiger partial charge on any atom is 0.206 e. The highest BCUT2D eigenvalue weighted by Crippen LogP contribution is 2.59. The van der Waals surface area contributed by atoms with Gasteiger partial charge in [0, 0.05) is 11.3 Å². The summed E-state index contributed by atoms with van der Waals surface area (Å²) >= 11 is 0. The molecule has 2 unspecified atom stereocenters. The molecule has 0 heterocycles. The van der Waals surface area contributed by atoms with Gasteiger partial charge in [-0.1, -0.05) is 67.7 Å². The standard InChI is InChI=1S/C16H35O2P/c1-8-10-11-14(9-2)12-19(17,18)16(6,7)13-15(3,4)5/h14H,8-13H2,1-7H3,(H,17,18). The van der Waals surface area contributed by atoms with Gasteiger partial charge in [0.05, 0.1) is 0 Å². The van der Waals surface area contributed by atoms with E-state index in [1.807, 2.05) is 13.8 Å². The van der Waals surface area contributed by atoms with Crippen LogP contribution in [0.3, 0.4) is 0 Å². The van der Waals surface area contributed by atoms with Crippen LogP contribution in [0.4, 0.5) is 0 Å². The summed E-state index contributed by atoms with van der Waals surface area (Å²) in [6, 6.07) is 0. The molecule has 0 saturated heterocycles. The summed E-state index contributed by atoms with van der Waals surface area (Å²) in [5.41, 5.74) is 0.0903. The minimum atomic E-state index is -3.10. The fraction of sp³-hybridized carbons (Fsp3) is 1.00. The van der Waals surface area contributed by atoms with Crippen LogP contribution >= 0.6 is 7.37 Å². The van der Waals surface area contributed by atoms with E-state index in [0.29, 0.717) is 12.1 Å². The van der Waals surface area contributed by atoms with Crippen LogP contribution < -0.4 is 0 Å². The average molecular weight is 290 g/mol. The van der Waals surface area contributed by atoms with Gasteiger partial charge in [0.15, 0.2) is 0 Å². The van der Waals surface area contributed by atoms with Gasteiger partial charge >= 0.3 is 0 Å². The van der Waals surface area contributed by atoms with Crippen molar-refractivity contribution in [1.82, 2.24) is 0 Å². The molecule has 0 saturated carbocycles. The summed E-state index contributed by atoms with van der Waals surface area (Å²) in [5.74, 6) is 0.398. The first-order chi connectivity index (χ1) is 8.45. The van der Waals surface area contributed by atoms with Crippen molar-refractivity contribution < 1.29 is 9.46 Å². The van der Waals surface area contributed by atoms with Crippen molar-refractivity contribution in [2.75, 3.05) is 6.16 Å². The average Bonchev–Trinajstić information content (AvgIpc) is 2.20. The lowest BCUT2D eigenvalue weighted by Crippen LogP contribution is -2.29. The van der Waals surface area contributed by atoms with Gasteiger partial charge in [-0.15, -0.1) is 0 Å². The van der Waals surface area contributed by atoms with Crippen molar-refractivity contribution >= 4 is 7.37 Å². The van der Waals surface area contributed by atoms with Crippen molar-refractivity contribution in [1.29, 1.82) is 0 Å². The second-order valence-corrected chi connectivity index (χ2v) is 10.8. The summed E-state index contributed by atoms with van der Waals surface area (Å²) in [6.45, 7) is 14.7. The number of rotatable bonds is 8. The van der Waals surface area contributed by atoms with Crippen LogP contribution in [0.5, 0.6) is 0 Å². The molecule has 0 aliphatic carbocycles. The van der Waals surface area contributed by atoms with Gasteiger partial charge in [0.25, 0.3) is 0 Å². The molecule has 0 aromatic rings. The monoisotopic (exact) mass is 290 g/mol. The zero-order valence-corrected chi connectivity index (χ0v) is 15.0. The molecule has 116 valence electrons. The third kappa shape index (κ3) is 6.95. The van der Waals surface area contributed by atoms with E-state index in [1.54, 1.807) is 0 Å². The van der Waals surface area contributed by atoms with Crippen molar-refractivity contribution in [3.63, 3.8) is 0 Å². The van der Waals surface area contributed by atoms with E-state index in [-0.39, 0.29) is 5.41 Å². The molecule has 0 amide bonds. The Bertz CT molecular complexity index is 302. The Labute approximate surface area is 120 Å². The first kappa shape index (κ1) is 19.2. The largest absolute Gasteiger partial charge is 0.344 e. The molecule has 0 aromatic carbocycles. The normalized spacial score (nSPS) is 18.1. The van der Waals surface area contributed by atoms with Crippen LogP contribution in [-0.4, -0.2) is 16.2 Å². The Morgan fingerprint density at radius 1 is 1.11 bits per heavy atom. The molecule has 0 bridgehead atoms. The highest BCUT2D eigenvalue weighted by Gasteiger charge is 2.42. The van der Waals surface area contributed by atoms with E-state index in [9.17, 15) is 9.46 Å². The van der Waals surface area contributed by atoms with Crippen LogP contribution in [0.25, 0.3) is 0 Å². The molecule has 0 aliphatic rings. The van der Waals surface area contributed by atoms with Crippen molar-refractivity contribution in [2.45, 2.75) is 85.7 Å². The predicted octanol–water partition coefficient (Wildman–Crippen LogP) is 5.69. The fourth-order valence-electron chi connectivity index (χ4n) is 2.94. The van der Waals surface area contributed by atoms with E-state index in [4.69, 9.17) is 0 Å². The zero-order chi connectivity index (χ0) is 15.3. The molecule has 2 atom stereocenters. The zero-order valence-electron chi connectivity index (χ0n) is 14.1. The van der Waals surface area contributed by atoms with Crippen molar-refractivity contribution in [2.24, 2.45) is 11.3 Å². The van der Waals surface area contributed by atoms with E-state index >= 15 is 0 Å². The second kappa shape index (κ2) is 7.27. The SMILES string of the molecule is CCCCC(CC)CP(=O)(O)C(C)(C)CC(C)(C)C. The summed E-state index contributed by atoms with van der Waals surface area (Å²) in [4.78, 5) is 10.6. The predicted molar refractivity (Wildman–Crippen MR) is 86.1 cm³/mol. The van der Waals surface area contributed by atoms with E-state index < -0.39 is 12.5 Å². The van der Waals surface area contributed by atoms with Crippen molar-refractivity contribution in [3.05, 3.63) is 0 Å². The first-order valence-corrected chi connectivity index (χ1v) is 9.61. The maximum atomic E-state index is 12.8. The summed E-state index contributed by atoms with van der Waals surface area (Å²) in [5, 5.41) is -0.481.